The lowest BCUT2D eigenvalue weighted by atomic mass is 10.1. The highest BCUT2D eigenvalue weighted by Crippen LogP contribution is 2.38. The zero-order valence-electron chi connectivity index (χ0n) is 18.0. The van der Waals surface area contributed by atoms with Crippen LogP contribution in [0.15, 0.2) is 54.7 Å². The van der Waals surface area contributed by atoms with Crippen LogP contribution >= 0.6 is 23.7 Å². The molecule has 1 aliphatic rings. The van der Waals surface area contributed by atoms with Gasteiger partial charge in [-0.25, -0.2) is 9.37 Å². The number of anilines is 3. The van der Waals surface area contributed by atoms with E-state index in [2.05, 4.69) is 39.5 Å². The van der Waals surface area contributed by atoms with Crippen LogP contribution in [-0.4, -0.2) is 43.2 Å². The Hall–Kier alpha value is -3.25. The van der Waals surface area contributed by atoms with Crippen LogP contribution in [0.25, 0.3) is 22.2 Å². The van der Waals surface area contributed by atoms with E-state index >= 15 is 0 Å². The molecule has 0 aliphatic carbocycles. The third kappa shape index (κ3) is 4.48. The lowest BCUT2D eigenvalue weighted by Gasteiger charge is -2.30. The Balaban J connectivity index is 0.00000259. The minimum Gasteiger partial charge on any atom is -0.369 e. The Kier molecular flexibility index (Phi) is 6.75. The Bertz CT molecular complexity index is 1310. The second kappa shape index (κ2) is 9.71. The molecule has 0 amide bonds. The molecule has 6 nitrogen and oxygen atoms in total. The van der Waals surface area contributed by atoms with Crippen molar-refractivity contribution in [2.45, 2.75) is 0 Å². The fourth-order valence-electron chi connectivity index (χ4n) is 3.97. The Morgan fingerprint density at radius 3 is 2.61 bits per heavy atom. The van der Waals surface area contributed by atoms with Crippen LogP contribution in [0.1, 0.15) is 4.88 Å². The second-order valence-electron chi connectivity index (χ2n) is 7.62. The zero-order chi connectivity index (χ0) is 22.1. The molecule has 0 atom stereocenters. The number of hydrogen-bond donors (Lipinski definition) is 1. The Morgan fingerprint density at radius 1 is 1.12 bits per heavy atom. The van der Waals surface area contributed by atoms with Gasteiger partial charge >= 0.3 is 0 Å². The van der Waals surface area contributed by atoms with Gasteiger partial charge < -0.3 is 15.1 Å². The topological polar surface area (TPSA) is 68.1 Å². The number of halogens is 2. The minimum absolute atomic E-state index is 0. The smallest absolute Gasteiger partial charge is 0.191 e. The number of thiazole rings is 1. The first kappa shape index (κ1) is 22.9. The van der Waals surface area contributed by atoms with E-state index in [1.807, 2.05) is 18.0 Å². The summed E-state index contributed by atoms with van der Waals surface area (Å²) in [5.74, 6) is -0.316. The van der Waals surface area contributed by atoms with Crippen LogP contribution in [0.2, 0.25) is 0 Å². The molecule has 0 bridgehead atoms. The molecule has 2 aromatic heterocycles. The second-order valence-corrected chi connectivity index (χ2v) is 8.60. The van der Waals surface area contributed by atoms with Crippen molar-refractivity contribution >= 4 is 51.2 Å². The van der Waals surface area contributed by atoms with Gasteiger partial charge in [-0.05, 0) is 48.5 Å². The Morgan fingerprint density at radius 2 is 1.88 bits per heavy atom. The summed E-state index contributed by atoms with van der Waals surface area (Å²) in [6, 6.07) is 16.6. The van der Waals surface area contributed by atoms with Gasteiger partial charge in [-0.2, -0.15) is 5.26 Å². The van der Waals surface area contributed by atoms with Gasteiger partial charge in [0, 0.05) is 56.1 Å². The van der Waals surface area contributed by atoms with Gasteiger partial charge in [0.1, 0.15) is 22.5 Å². The van der Waals surface area contributed by atoms with Crippen molar-refractivity contribution in [1.82, 2.24) is 15.3 Å². The molecule has 33 heavy (non-hydrogen) atoms. The number of rotatable bonds is 4. The Labute approximate surface area is 201 Å². The van der Waals surface area contributed by atoms with E-state index in [1.54, 1.807) is 18.3 Å². The average molecular weight is 481 g/mol. The standard InChI is InChI=1S/C24H21FN6S.ClH/c1-30(24-29-23(22(15-26)32-24)16-2-4-17(25)5-3-16)21-8-9-28-20-7-6-18(14-19(20)21)31-12-10-27-11-13-31;/h2-9,14,27H,10-13H2,1H3;1H. The number of aromatic nitrogens is 2. The van der Waals surface area contributed by atoms with Gasteiger partial charge in [-0.3, -0.25) is 4.98 Å². The van der Waals surface area contributed by atoms with E-state index < -0.39 is 0 Å². The molecule has 0 saturated carbocycles. The fourth-order valence-corrected chi connectivity index (χ4v) is 4.83. The maximum atomic E-state index is 13.4. The van der Waals surface area contributed by atoms with Crippen molar-refractivity contribution in [3.8, 4) is 17.3 Å². The van der Waals surface area contributed by atoms with E-state index in [9.17, 15) is 9.65 Å². The van der Waals surface area contributed by atoms with Crippen LogP contribution in [0, 0.1) is 17.1 Å². The van der Waals surface area contributed by atoms with E-state index in [0.29, 0.717) is 15.7 Å². The molecule has 1 saturated heterocycles. The highest BCUT2D eigenvalue weighted by Gasteiger charge is 2.19. The number of hydrogen-bond acceptors (Lipinski definition) is 7. The normalized spacial score (nSPS) is 13.4. The number of nitrogens with one attached hydrogen (secondary N) is 1. The summed E-state index contributed by atoms with van der Waals surface area (Å²) in [6.07, 6.45) is 1.79. The van der Waals surface area contributed by atoms with Crippen LogP contribution in [0.4, 0.5) is 20.9 Å². The molecule has 168 valence electrons. The van der Waals surface area contributed by atoms with Crippen LogP contribution in [-0.2, 0) is 0 Å². The summed E-state index contributed by atoms with van der Waals surface area (Å²) < 4.78 is 13.4. The highest BCUT2D eigenvalue weighted by molar-refractivity contribution is 7.16. The molecule has 1 fully saturated rings. The van der Waals surface area contributed by atoms with Crippen LogP contribution in [0.3, 0.4) is 0 Å². The third-order valence-electron chi connectivity index (χ3n) is 5.67. The van der Waals surface area contributed by atoms with Crippen molar-refractivity contribution in [3.05, 3.63) is 65.4 Å². The number of nitrogens with zero attached hydrogens (tertiary/aromatic N) is 5. The lowest BCUT2D eigenvalue weighted by Crippen LogP contribution is -2.43. The van der Waals surface area contributed by atoms with Gasteiger partial charge in [0.15, 0.2) is 5.13 Å². The molecule has 1 N–H and O–H groups in total. The van der Waals surface area contributed by atoms with Crippen molar-refractivity contribution in [2.75, 3.05) is 43.0 Å². The molecule has 1 aliphatic heterocycles. The highest BCUT2D eigenvalue weighted by atomic mass is 35.5. The largest absolute Gasteiger partial charge is 0.369 e. The molecule has 0 radical (unpaired) electrons. The van der Waals surface area contributed by atoms with Crippen molar-refractivity contribution < 1.29 is 4.39 Å². The van der Waals surface area contributed by atoms with Crippen molar-refractivity contribution in [1.29, 1.82) is 5.26 Å². The number of pyridine rings is 1. The molecular weight excluding hydrogens is 459 g/mol. The number of fused-ring (bicyclic) bond motifs is 1. The summed E-state index contributed by atoms with van der Waals surface area (Å²) in [6.45, 7) is 3.88. The molecular formula is C24H22ClFN6S. The van der Waals surface area contributed by atoms with E-state index in [1.165, 1.54) is 29.2 Å². The van der Waals surface area contributed by atoms with E-state index in [4.69, 9.17) is 4.98 Å². The predicted molar refractivity (Wildman–Crippen MR) is 134 cm³/mol. The van der Waals surface area contributed by atoms with E-state index in [0.717, 1.165) is 48.3 Å². The summed E-state index contributed by atoms with van der Waals surface area (Å²) in [7, 11) is 1.95. The summed E-state index contributed by atoms with van der Waals surface area (Å²) >= 11 is 1.32. The third-order valence-corrected chi connectivity index (χ3v) is 6.70. The van der Waals surface area contributed by atoms with Gasteiger partial charge in [-0.15, -0.1) is 12.4 Å². The van der Waals surface area contributed by atoms with Crippen molar-refractivity contribution in [2.24, 2.45) is 0 Å². The SMILES string of the molecule is CN(c1nc(-c2ccc(F)cc2)c(C#N)s1)c1ccnc2ccc(N3CCNCC3)cc12.Cl. The molecule has 0 unspecified atom stereocenters. The fraction of sp³-hybridized carbons (Fsp3) is 0.208. The van der Waals surface area contributed by atoms with Gasteiger partial charge in [0.05, 0.1) is 11.2 Å². The zero-order valence-corrected chi connectivity index (χ0v) is 19.6. The monoisotopic (exact) mass is 480 g/mol. The van der Waals surface area contributed by atoms with Gasteiger partial charge in [0.2, 0.25) is 0 Å². The lowest BCUT2D eigenvalue weighted by molar-refractivity contribution is 0.589. The minimum atomic E-state index is -0.316. The molecule has 5 rings (SSSR count). The molecule has 0 spiro atoms. The van der Waals surface area contributed by atoms with E-state index in [-0.39, 0.29) is 18.2 Å². The predicted octanol–water partition coefficient (Wildman–Crippen LogP) is 4.97. The average Bonchev–Trinajstić information content (AvgIpc) is 3.28. The number of nitriles is 1. The number of piperazine rings is 1. The maximum absolute atomic E-state index is 13.4. The quantitative estimate of drug-likeness (QED) is 0.445. The van der Waals surface area contributed by atoms with Gasteiger partial charge in [-0.1, -0.05) is 11.3 Å². The summed E-state index contributed by atoms with van der Waals surface area (Å²) in [5, 5.41) is 14.8. The molecule has 2 aromatic carbocycles. The first-order valence-corrected chi connectivity index (χ1v) is 11.2. The maximum Gasteiger partial charge on any atom is 0.191 e. The van der Waals surface area contributed by atoms with Crippen molar-refractivity contribution in [3.63, 3.8) is 0 Å². The van der Waals surface area contributed by atoms with Gasteiger partial charge in [0.25, 0.3) is 0 Å². The molecule has 4 aromatic rings. The first-order chi connectivity index (χ1) is 15.6. The number of benzene rings is 2. The first-order valence-electron chi connectivity index (χ1n) is 10.4. The van der Waals surface area contributed by atoms with Crippen LogP contribution in [0.5, 0.6) is 0 Å². The summed E-state index contributed by atoms with van der Waals surface area (Å²) in [5.41, 5.74) is 4.34. The summed E-state index contributed by atoms with van der Waals surface area (Å²) in [4.78, 5) is 14.1. The van der Waals surface area contributed by atoms with Crippen LogP contribution < -0.4 is 15.1 Å². The molecule has 9 heteroatoms. The molecule has 3 heterocycles.